The summed E-state index contributed by atoms with van der Waals surface area (Å²) >= 11 is 0. The monoisotopic (exact) mass is 272 g/mol. The van der Waals surface area contributed by atoms with E-state index in [1.807, 2.05) is 25.1 Å². The van der Waals surface area contributed by atoms with Crippen LogP contribution in [-0.4, -0.2) is 33.7 Å². The predicted molar refractivity (Wildman–Crippen MR) is 79.3 cm³/mol. The van der Waals surface area contributed by atoms with Crippen LogP contribution < -0.4 is 5.73 Å². The lowest BCUT2D eigenvalue weighted by Crippen LogP contribution is -2.34. The molecule has 5 heteroatoms. The van der Waals surface area contributed by atoms with Gasteiger partial charge < -0.3 is 10.6 Å². The fourth-order valence-corrected chi connectivity index (χ4v) is 2.18. The predicted octanol–water partition coefficient (Wildman–Crippen LogP) is 1.71. The number of aryl methyl sites for hydroxylation is 1. The van der Waals surface area contributed by atoms with Crippen molar-refractivity contribution in [3.8, 4) is 0 Å². The second-order valence-electron chi connectivity index (χ2n) is 4.69. The minimum atomic E-state index is -0.0686. The zero-order valence-corrected chi connectivity index (χ0v) is 11.9. The number of nitrogens with two attached hydrogens (primary N) is 1. The highest BCUT2D eigenvalue weighted by atomic mass is 16.2. The van der Waals surface area contributed by atoms with Crippen molar-refractivity contribution >= 4 is 11.6 Å². The second-order valence-corrected chi connectivity index (χ2v) is 4.69. The minimum Gasteiger partial charge on any atom is -0.396 e. The van der Waals surface area contributed by atoms with E-state index in [1.54, 1.807) is 11.9 Å². The molecular weight excluding hydrogens is 252 g/mol. The third kappa shape index (κ3) is 2.99. The van der Waals surface area contributed by atoms with Crippen LogP contribution in [-0.2, 0) is 13.5 Å². The summed E-state index contributed by atoms with van der Waals surface area (Å²) in [5.41, 5.74) is 7.92. The zero-order valence-electron chi connectivity index (χ0n) is 11.9. The number of carbonyl (C=O) groups is 1. The minimum absolute atomic E-state index is 0.0686. The molecule has 1 heterocycles. The van der Waals surface area contributed by atoms with E-state index in [0.29, 0.717) is 24.5 Å². The van der Waals surface area contributed by atoms with Gasteiger partial charge in [0.25, 0.3) is 5.91 Å². The molecule has 1 aromatic carbocycles. The van der Waals surface area contributed by atoms with E-state index in [0.717, 1.165) is 6.42 Å². The zero-order chi connectivity index (χ0) is 14.5. The maximum absolute atomic E-state index is 12.5. The first-order chi connectivity index (χ1) is 9.63. The first-order valence-electron chi connectivity index (χ1n) is 6.74. The lowest BCUT2D eigenvalue weighted by molar-refractivity contribution is 0.0756. The Hall–Kier alpha value is -2.30. The van der Waals surface area contributed by atoms with Gasteiger partial charge in [-0.1, -0.05) is 30.3 Å². The van der Waals surface area contributed by atoms with Gasteiger partial charge >= 0.3 is 0 Å². The first-order valence-corrected chi connectivity index (χ1v) is 6.74. The number of hydrogen-bond acceptors (Lipinski definition) is 3. The molecule has 2 N–H and O–H groups in total. The Morgan fingerprint density at radius 3 is 2.60 bits per heavy atom. The van der Waals surface area contributed by atoms with E-state index in [4.69, 9.17) is 5.73 Å². The summed E-state index contributed by atoms with van der Waals surface area (Å²) in [6.45, 7) is 3.29. The lowest BCUT2D eigenvalue weighted by Gasteiger charge is -2.21. The van der Waals surface area contributed by atoms with Crippen molar-refractivity contribution < 1.29 is 4.79 Å². The Morgan fingerprint density at radius 1 is 1.35 bits per heavy atom. The number of nitrogen functional groups attached to an aromatic ring is 1. The van der Waals surface area contributed by atoms with Crippen LogP contribution in [0.25, 0.3) is 0 Å². The third-order valence-electron chi connectivity index (χ3n) is 3.35. The smallest absolute Gasteiger partial charge is 0.274 e. The highest BCUT2D eigenvalue weighted by Crippen LogP contribution is 2.13. The highest BCUT2D eigenvalue weighted by Gasteiger charge is 2.20. The molecule has 1 amide bonds. The molecule has 2 aromatic rings. The van der Waals surface area contributed by atoms with Crippen molar-refractivity contribution in [2.75, 3.05) is 18.8 Å². The van der Waals surface area contributed by atoms with Gasteiger partial charge in [-0.15, -0.1) is 0 Å². The Morgan fingerprint density at radius 2 is 2.05 bits per heavy atom. The summed E-state index contributed by atoms with van der Waals surface area (Å²) in [4.78, 5) is 14.3. The number of nitrogens with zero attached hydrogens (tertiary/aromatic N) is 3. The highest BCUT2D eigenvalue weighted by molar-refractivity contribution is 5.97. The van der Waals surface area contributed by atoms with Crippen molar-refractivity contribution in [1.82, 2.24) is 14.7 Å². The molecule has 0 fully saturated rings. The molecule has 0 spiro atoms. The molecule has 20 heavy (non-hydrogen) atoms. The quantitative estimate of drug-likeness (QED) is 0.901. The normalized spacial score (nSPS) is 10.5. The number of aromatic nitrogens is 2. The molecule has 1 aromatic heterocycles. The van der Waals surface area contributed by atoms with Crippen LogP contribution in [0.3, 0.4) is 0 Å². The molecule has 5 nitrogen and oxygen atoms in total. The average molecular weight is 272 g/mol. The molecular formula is C15H20N4O. The van der Waals surface area contributed by atoms with E-state index in [9.17, 15) is 4.79 Å². The largest absolute Gasteiger partial charge is 0.396 e. The van der Waals surface area contributed by atoms with Crippen LogP contribution in [0.2, 0.25) is 0 Å². The van der Waals surface area contributed by atoms with Gasteiger partial charge in [0.05, 0.1) is 11.9 Å². The molecule has 0 aliphatic carbocycles. The van der Waals surface area contributed by atoms with Crippen LogP contribution in [0.1, 0.15) is 23.0 Å². The van der Waals surface area contributed by atoms with E-state index in [1.165, 1.54) is 16.4 Å². The van der Waals surface area contributed by atoms with E-state index >= 15 is 0 Å². The van der Waals surface area contributed by atoms with Gasteiger partial charge in [0.15, 0.2) is 0 Å². The number of amides is 1. The van der Waals surface area contributed by atoms with Gasteiger partial charge in [-0.3, -0.25) is 9.48 Å². The molecule has 0 aliphatic heterocycles. The fraction of sp³-hybridized carbons (Fsp3) is 0.333. The maximum Gasteiger partial charge on any atom is 0.274 e. The maximum atomic E-state index is 12.5. The van der Waals surface area contributed by atoms with Crippen LogP contribution in [0.5, 0.6) is 0 Å². The summed E-state index contributed by atoms with van der Waals surface area (Å²) in [7, 11) is 1.73. The van der Waals surface area contributed by atoms with Crippen LogP contribution in [0.4, 0.5) is 5.69 Å². The molecule has 0 atom stereocenters. The van der Waals surface area contributed by atoms with Crippen molar-refractivity contribution in [3.63, 3.8) is 0 Å². The van der Waals surface area contributed by atoms with Gasteiger partial charge in [0.2, 0.25) is 0 Å². The van der Waals surface area contributed by atoms with E-state index < -0.39 is 0 Å². The molecule has 0 unspecified atom stereocenters. The number of hydrogen-bond donors (Lipinski definition) is 1. The Labute approximate surface area is 119 Å². The first kappa shape index (κ1) is 14.1. The summed E-state index contributed by atoms with van der Waals surface area (Å²) in [6.07, 6.45) is 2.34. The SMILES string of the molecule is CCN(CCc1ccccc1)C(=O)c1c(N)cnn1C. The third-order valence-corrected chi connectivity index (χ3v) is 3.35. The number of benzene rings is 1. The van der Waals surface area contributed by atoms with Gasteiger partial charge in [-0.05, 0) is 18.9 Å². The van der Waals surface area contributed by atoms with Gasteiger partial charge in [-0.25, -0.2) is 0 Å². The summed E-state index contributed by atoms with van der Waals surface area (Å²) in [5, 5.41) is 4.02. The topological polar surface area (TPSA) is 64.2 Å². The van der Waals surface area contributed by atoms with Crippen molar-refractivity contribution in [2.45, 2.75) is 13.3 Å². The molecule has 0 saturated carbocycles. The van der Waals surface area contributed by atoms with Crippen LogP contribution in [0.15, 0.2) is 36.5 Å². The number of likely N-dealkylation sites (N-methyl/N-ethyl adjacent to an activating group) is 1. The Kier molecular flexibility index (Phi) is 4.40. The summed E-state index contributed by atoms with van der Waals surface area (Å²) in [6, 6.07) is 10.1. The van der Waals surface area contributed by atoms with Gasteiger partial charge in [0, 0.05) is 20.1 Å². The number of anilines is 1. The van der Waals surface area contributed by atoms with Crippen molar-refractivity contribution in [2.24, 2.45) is 7.05 Å². The van der Waals surface area contributed by atoms with Crippen molar-refractivity contribution in [1.29, 1.82) is 0 Å². The van der Waals surface area contributed by atoms with Crippen LogP contribution in [0, 0.1) is 0 Å². The molecule has 0 aliphatic rings. The molecule has 0 saturated heterocycles. The summed E-state index contributed by atoms with van der Waals surface area (Å²) < 4.78 is 1.53. The van der Waals surface area contributed by atoms with E-state index in [-0.39, 0.29) is 5.91 Å². The van der Waals surface area contributed by atoms with Crippen LogP contribution >= 0.6 is 0 Å². The molecule has 106 valence electrons. The lowest BCUT2D eigenvalue weighted by atomic mass is 10.1. The molecule has 0 bridgehead atoms. The van der Waals surface area contributed by atoms with Gasteiger partial charge in [0.1, 0.15) is 5.69 Å². The molecule has 2 rings (SSSR count). The number of rotatable bonds is 5. The standard InChI is InChI=1S/C15H20N4O/c1-3-19(10-9-12-7-5-4-6-8-12)15(20)14-13(16)11-17-18(14)2/h4-8,11H,3,9-10,16H2,1-2H3. The Bertz CT molecular complexity index is 557. The van der Waals surface area contributed by atoms with Crippen molar-refractivity contribution in [3.05, 3.63) is 47.8 Å². The fourth-order valence-electron chi connectivity index (χ4n) is 2.18. The molecule has 0 radical (unpaired) electrons. The van der Waals surface area contributed by atoms with E-state index in [2.05, 4.69) is 17.2 Å². The Balaban J connectivity index is 2.07. The average Bonchev–Trinajstić information content (AvgIpc) is 2.79. The number of carbonyl (C=O) groups excluding carboxylic acids is 1. The summed E-state index contributed by atoms with van der Waals surface area (Å²) in [5.74, 6) is -0.0686. The van der Waals surface area contributed by atoms with Gasteiger partial charge in [-0.2, -0.15) is 5.10 Å². The second kappa shape index (κ2) is 6.23.